The van der Waals surface area contributed by atoms with Crippen molar-refractivity contribution >= 4 is 41.3 Å². The van der Waals surface area contributed by atoms with Crippen molar-refractivity contribution in [1.29, 1.82) is 0 Å². The Labute approximate surface area is 153 Å². The molecule has 0 atom stereocenters. The van der Waals surface area contributed by atoms with Gasteiger partial charge < -0.3 is 15.4 Å². The summed E-state index contributed by atoms with van der Waals surface area (Å²) in [7, 11) is 1.80. The van der Waals surface area contributed by atoms with Crippen LogP contribution in [-0.2, 0) is 11.3 Å². The molecule has 8 heteroatoms. The molecule has 0 aromatic carbocycles. The summed E-state index contributed by atoms with van der Waals surface area (Å²) in [5.74, 6) is 0.841. The van der Waals surface area contributed by atoms with Crippen molar-refractivity contribution in [2.75, 3.05) is 46.4 Å². The molecular weight excluding hydrogens is 413 g/mol. The second kappa shape index (κ2) is 10.3. The molecule has 0 spiro atoms. The third kappa shape index (κ3) is 6.35. The maximum atomic E-state index is 5.35. The van der Waals surface area contributed by atoms with Gasteiger partial charge in [-0.25, -0.2) is 4.98 Å². The minimum atomic E-state index is 0. The third-order valence-electron chi connectivity index (χ3n) is 3.46. The van der Waals surface area contributed by atoms with Crippen LogP contribution in [0.5, 0.6) is 0 Å². The van der Waals surface area contributed by atoms with Gasteiger partial charge in [-0.1, -0.05) is 0 Å². The lowest BCUT2D eigenvalue weighted by molar-refractivity contribution is 0.0389. The molecule has 1 fully saturated rings. The van der Waals surface area contributed by atoms with Gasteiger partial charge in [-0.05, 0) is 13.8 Å². The zero-order chi connectivity index (χ0) is 15.1. The molecule has 1 aromatic heterocycles. The lowest BCUT2D eigenvalue weighted by Gasteiger charge is -2.26. The average molecular weight is 439 g/mol. The van der Waals surface area contributed by atoms with Crippen LogP contribution < -0.4 is 10.6 Å². The smallest absolute Gasteiger partial charge is 0.191 e. The molecule has 0 saturated carbocycles. The zero-order valence-electron chi connectivity index (χ0n) is 13.5. The highest BCUT2D eigenvalue weighted by atomic mass is 127. The van der Waals surface area contributed by atoms with E-state index in [0.29, 0.717) is 0 Å². The number of aromatic nitrogens is 1. The third-order valence-corrected chi connectivity index (χ3v) is 4.54. The highest BCUT2D eigenvalue weighted by Gasteiger charge is 2.10. The topological polar surface area (TPSA) is 61.8 Å². The molecule has 0 radical (unpaired) electrons. The van der Waals surface area contributed by atoms with E-state index in [2.05, 4.69) is 32.4 Å². The van der Waals surface area contributed by atoms with Crippen LogP contribution in [0.1, 0.15) is 15.6 Å². The number of thiazole rings is 1. The molecule has 126 valence electrons. The molecule has 6 nitrogen and oxygen atoms in total. The van der Waals surface area contributed by atoms with Crippen LogP contribution in [-0.4, -0.2) is 62.3 Å². The lowest BCUT2D eigenvalue weighted by Crippen LogP contribution is -2.44. The Bertz CT molecular complexity index is 474. The number of nitrogens with zero attached hydrogens (tertiary/aromatic N) is 3. The van der Waals surface area contributed by atoms with Crippen LogP contribution in [0.15, 0.2) is 4.99 Å². The van der Waals surface area contributed by atoms with Crippen molar-refractivity contribution < 1.29 is 4.74 Å². The van der Waals surface area contributed by atoms with Crippen LogP contribution in [0.25, 0.3) is 0 Å². The molecule has 2 heterocycles. The number of aliphatic imine (C=N–C) groups is 1. The number of hydrogen-bond acceptors (Lipinski definition) is 5. The van der Waals surface area contributed by atoms with Crippen LogP contribution in [0.4, 0.5) is 0 Å². The molecule has 0 aliphatic carbocycles. The number of ether oxygens (including phenoxy) is 1. The molecule has 1 aliphatic rings. The fourth-order valence-corrected chi connectivity index (χ4v) is 3.16. The fraction of sp³-hybridized carbons (Fsp3) is 0.714. The quantitative estimate of drug-likeness (QED) is 0.413. The Balaban J connectivity index is 0.00000242. The highest BCUT2D eigenvalue weighted by Crippen LogP contribution is 2.16. The van der Waals surface area contributed by atoms with E-state index < -0.39 is 0 Å². The van der Waals surface area contributed by atoms with E-state index in [1.165, 1.54) is 4.88 Å². The number of nitrogens with one attached hydrogen (secondary N) is 2. The second-order valence-corrected chi connectivity index (χ2v) is 6.34. The van der Waals surface area contributed by atoms with E-state index in [1.54, 1.807) is 18.4 Å². The summed E-state index contributed by atoms with van der Waals surface area (Å²) in [4.78, 5) is 12.4. The standard InChI is InChI=1S/C14H25N5OS.HI/c1-11-13(21-12(2)18-11)10-17-14(15-3)16-4-5-19-6-8-20-9-7-19;/h4-10H2,1-3H3,(H2,15,16,17);1H. The summed E-state index contributed by atoms with van der Waals surface area (Å²) in [6, 6.07) is 0. The van der Waals surface area contributed by atoms with Gasteiger partial charge in [-0.15, -0.1) is 35.3 Å². The van der Waals surface area contributed by atoms with E-state index in [0.717, 1.165) is 62.6 Å². The van der Waals surface area contributed by atoms with Gasteiger partial charge in [0, 0.05) is 38.1 Å². The molecule has 2 N–H and O–H groups in total. The first kappa shape index (κ1) is 19.6. The van der Waals surface area contributed by atoms with E-state index in [4.69, 9.17) is 4.74 Å². The Morgan fingerprint density at radius 1 is 1.32 bits per heavy atom. The number of halogens is 1. The van der Waals surface area contributed by atoms with Crippen molar-refractivity contribution in [2.24, 2.45) is 4.99 Å². The van der Waals surface area contributed by atoms with Crippen molar-refractivity contribution in [3.8, 4) is 0 Å². The predicted molar refractivity (Wildman–Crippen MR) is 102 cm³/mol. The Morgan fingerprint density at radius 3 is 2.64 bits per heavy atom. The summed E-state index contributed by atoms with van der Waals surface area (Å²) in [6.07, 6.45) is 0. The highest BCUT2D eigenvalue weighted by molar-refractivity contribution is 14.0. The maximum absolute atomic E-state index is 5.35. The molecular formula is C14H26IN5OS. The molecule has 0 unspecified atom stereocenters. The summed E-state index contributed by atoms with van der Waals surface area (Å²) in [5, 5.41) is 7.81. The minimum absolute atomic E-state index is 0. The number of hydrogen-bond donors (Lipinski definition) is 2. The maximum Gasteiger partial charge on any atom is 0.191 e. The first-order chi connectivity index (χ1) is 10.2. The van der Waals surface area contributed by atoms with Gasteiger partial charge in [0.1, 0.15) is 0 Å². The minimum Gasteiger partial charge on any atom is -0.379 e. The van der Waals surface area contributed by atoms with E-state index >= 15 is 0 Å². The molecule has 2 rings (SSSR count). The predicted octanol–water partition coefficient (Wildman–Crippen LogP) is 1.38. The van der Waals surface area contributed by atoms with Gasteiger partial charge in [-0.3, -0.25) is 9.89 Å². The van der Waals surface area contributed by atoms with Gasteiger partial charge in [0.05, 0.1) is 30.5 Å². The number of rotatable bonds is 5. The Morgan fingerprint density at radius 2 is 2.05 bits per heavy atom. The summed E-state index contributed by atoms with van der Waals surface area (Å²) in [6.45, 7) is 10.5. The Kier molecular flexibility index (Phi) is 9.22. The van der Waals surface area contributed by atoms with Crippen LogP contribution in [0.2, 0.25) is 0 Å². The number of guanidine groups is 1. The molecule has 0 bridgehead atoms. The van der Waals surface area contributed by atoms with Crippen molar-refractivity contribution in [1.82, 2.24) is 20.5 Å². The van der Waals surface area contributed by atoms with Gasteiger partial charge in [0.2, 0.25) is 0 Å². The van der Waals surface area contributed by atoms with Crippen LogP contribution in [0.3, 0.4) is 0 Å². The average Bonchev–Trinajstić information content (AvgIpc) is 2.81. The molecule has 1 aliphatic heterocycles. The molecule has 1 saturated heterocycles. The first-order valence-electron chi connectivity index (χ1n) is 7.36. The summed E-state index contributed by atoms with van der Waals surface area (Å²) < 4.78 is 5.35. The van der Waals surface area contributed by atoms with Gasteiger partial charge in [0.25, 0.3) is 0 Å². The zero-order valence-corrected chi connectivity index (χ0v) is 16.7. The van der Waals surface area contributed by atoms with Crippen LogP contribution >= 0.6 is 35.3 Å². The number of morpholine rings is 1. The van der Waals surface area contributed by atoms with E-state index in [9.17, 15) is 0 Å². The number of aryl methyl sites for hydroxylation is 2. The van der Waals surface area contributed by atoms with Gasteiger partial charge in [0.15, 0.2) is 5.96 Å². The van der Waals surface area contributed by atoms with Gasteiger partial charge in [-0.2, -0.15) is 0 Å². The van der Waals surface area contributed by atoms with Crippen LogP contribution in [0, 0.1) is 13.8 Å². The van der Waals surface area contributed by atoms with E-state index in [1.807, 2.05) is 6.92 Å². The largest absolute Gasteiger partial charge is 0.379 e. The fourth-order valence-electron chi connectivity index (χ4n) is 2.28. The van der Waals surface area contributed by atoms with Gasteiger partial charge >= 0.3 is 0 Å². The van der Waals surface area contributed by atoms with Crippen molar-refractivity contribution in [3.63, 3.8) is 0 Å². The normalized spacial score (nSPS) is 16.2. The van der Waals surface area contributed by atoms with Crippen molar-refractivity contribution in [3.05, 3.63) is 15.6 Å². The lowest BCUT2D eigenvalue weighted by atomic mass is 10.4. The molecule has 0 amide bonds. The van der Waals surface area contributed by atoms with E-state index in [-0.39, 0.29) is 24.0 Å². The second-order valence-electron chi connectivity index (χ2n) is 5.05. The first-order valence-corrected chi connectivity index (χ1v) is 8.18. The Hall–Kier alpha value is -0.450. The van der Waals surface area contributed by atoms with Crippen molar-refractivity contribution in [2.45, 2.75) is 20.4 Å². The SMILES string of the molecule is CN=C(NCCN1CCOCC1)NCc1sc(C)nc1C.I. The summed E-state index contributed by atoms with van der Waals surface area (Å²) >= 11 is 1.73. The molecule has 22 heavy (non-hydrogen) atoms. The summed E-state index contributed by atoms with van der Waals surface area (Å²) in [5.41, 5.74) is 1.11. The monoisotopic (exact) mass is 439 g/mol. The molecule has 1 aromatic rings.